The summed E-state index contributed by atoms with van der Waals surface area (Å²) in [4.78, 5) is 11.2. The van der Waals surface area contributed by atoms with Crippen LogP contribution in [0.15, 0.2) is 24.3 Å². The van der Waals surface area contributed by atoms with E-state index in [1.165, 1.54) is 18.2 Å². The van der Waals surface area contributed by atoms with Gasteiger partial charge >= 0.3 is 11.9 Å². The van der Waals surface area contributed by atoms with Crippen LogP contribution < -0.4 is 10.6 Å². The summed E-state index contributed by atoms with van der Waals surface area (Å²) in [6.07, 6.45) is -5.09. The summed E-state index contributed by atoms with van der Waals surface area (Å²) in [5.74, 6) is -1.54. The quantitative estimate of drug-likeness (QED) is 0.631. The fourth-order valence-corrected chi connectivity index (χ4v) is 1.37. The maximum absolute atomic E-state index is 12.5. The van der Waals surface area contributed by atoms with Crippen molar-refractivity contribution in [2.45, 2.75) is 11.9 Å². The van der Waals surface area contributed by atoms with Gasteiger partial charge in [0, 0.05) is 0 Å². The minimum atomic E-state index is -5.09. The maximum Gasteiger partial charge on any atom is 0.446 e. The van der Waals surface area contributed by atoms with Crippen LogP contribution in [0, 0.1) is 0 Å². The Morgan fingerprint density at radius 1 is 1.19 bits per heavy atom. The molecule has 1 heterocycles. The van der Waals surface area contributed by atoms with E-state index in [1.54, 1.807) is 11.4 Å². The number of anilines is 2. The normalized spacial score (nSPS) is 24.4. The van der Waals surface area contributed by atoms with Gasteiger partial charge in [-0.3, -0.25) is 4.79 Å². The van der Waals surface area contributed by atoms with Gasteiger partial charge in [0.2, 0.25) is 0 Å². The van der Waals surface area contributed by atoms with E-state index < -0.39 is 17.8 Å². The van der Waals surface area contributed by atoms with Gasteiger partial charge in [-0.25, -0.2) is 0 Å². The first-order valence-electron chi connectivity index (χ1n) is 4.32. The van der Waals surface area contributed by atoms with Crippen molar-refractivity contribution in [1.82, 2.24) is 0 Å². The molecule has 1 amide bonds. The molecular formula is C9H7F3N2O2. The third kappa shape index (κ3) is 1.40. The van der Waals surface area contributed by atoms with Gasteiger partial charge in [0.05, 0.1) is 11.4 Å². The van der Waals surface area contributed by atoms with Crippen LogP contribution in [0.5, 0.6) is 0 Å². The van der Waals surface area contributed by atoms with Crippen LogP contribution in [0.1, 0.15) is 0 Å². The summed E-state index contributed by atoms with van der Waals surface area (Å²) in [5, 5.41) is 13.0. The Kier molecular flexibility index (Phi) is 2.09. The standard InChI is InChI=1S/C9H7F3N2O2/c10-9(11,12)8(16)7(15)13-5-3-1-2-4-6(5)14-8/h1-4,14,16H,(H,13,15). The van der Waals surface area contributed by atoms with Crippen molar-refractivity contribution >= 4 is 17.3 Å². The second-order valence-electron chi connectivity index (χ2n) is 3.33. The number of fused-ring (bicyclic) bond motifs is 1. The molecule has 86 valence electrons. The molecule has 1 aliphatic heterocycles. The fourth-order valence-electron chi connectivity index (χ4n) is 1.37. The summed E-state index contributed by atoms with van der Waals surface area (Å²) in [5.41, 5.74) is -3.37. The molecule has 0 aliphatic carbocycles. The Bertz CT molecular complexity index is 447. The zero-order valence-electron chi connectivity index (χ0n) is 7.80. The molecule has 2 rings (SSSR count). The molecule has 0 bridgehead atoms. The summed E-state index contributed by atoms with van der Waals surface area (Å²) in [6.45, 7) is 0. The number of alkyl halides is 3. The van der Waals surface area contributed by atoms with Crippen LogP contribution in [0.3, 0.4) is 0 Å². The highest BCUT2D eigenvalue weighted by Gasteiger charge is 2.61. The molecule has 0 fully saturated rings. The van der Waals surface area contributed by atoms with E-state index in [-0.39, 0.29) is 11.4 Å². The average Bonchev–Trinajstić information content (AvgIpc) is 2.18. The van der Waals surface area contributed by atoms with E-state index in [9.17, 15) is 23.1 Å². The molecule has 0 saturated heterocycles. The minimum absolute atomic E-state index is 0.0157. The van der Waals surface area contributed by atoms with Crippen LogP contribution in [-0.4, -0.2) is 22.9 Å². The predicted molar refractivity (Wildman–Crippen MR) is 49.7 cm³/mol. The molecular weight excluding hydrogens is 225 g/mol. The second-order valence-corrected chi connectivity index (χ2v) is 3.33. The predicted octanol–water partition coefficient (Wildman–Crippen LogP) is 1.30. The zero-order chi connectivity index (χ0) is 12.0. The molecule has 3 N–H and O–H groups in total. The summed E-state index contributed by atoms with van der Waals surface area (Å²) >= 11 is 0. The lowest BCUT2D eigenvalue weighted by Gasteiger charge is -2.35. The van der Waals surface area contributed by atoms with E-state index in [1.807, 2.05) is 5.32 Å². The third-order valence-electron chi connectivity index (χ3n) is 2.23. The number of rotatable bonds is 0. The van der Waals surface area contributed by atoms with Gasteiger partial charge in [0.1, 0.15) is 0 Å². The molecule has 0 saturated carbocycles. The van der Waals surface area contributed by atoms with Crippen molar-refractivity contribution in [2.24, 2.45) is 0 Å². The summed E-state index contributed by atoms with van der Waals surface area (Å²) < 4.78 is 37.5. The topological polar surface area (TPSA) is 61.4 Å². The molecule has 16 heavy (non-hydrogen) atoms. The van der Waals surface area contributed by atoms with Crippen molar-refractivity contribution in [3.63, 3.8) is 0 Å². The first-order chi connectivity index (χ1) is 7.34. The highest BCUT2D eigenvalue weighted by Crippen LogP contribution is 2.38. The van der Waals surface area contributed by atoms with Gasteiger partial charge in [-0.2, -0.15) is 13.2 Å². The van der Waals surface area contributed by atoms with E-state index in [0.717, 1.165) is 0 Å². The molecule has 0 aromatic heterocycles. The molecule has 1 aliphatic rings. The van der Waals surface area contributed by atoms with Gasteiger partial charge in [-0.05, 0) is 12.1 Å². The molecule has 1 aromatic carbocycles. The second kappa shape index (κ2) is 3.11. The number of amides is 1. The number of carbonyl (C=O) groups excluding carboxylic acids is 1. The summed E-state index contributed by atoms with van der Waals surface area (Å²) in [7, 11) is 0. The Hall–Kier alpha value is -1.76. The number of nitrogens with one attached hydrogen (secondary N) is 2. The Morgan fingerprint density at radius 3 is 2.31 bits per heavy atom. The number of aliphatic hydroxyl groups is 1. The monoisotopic (exact) mass is 232 g/mol. The van der Waals surface area contributed by atoms with Crippen LogP contribution >= 0.6 is 0 Å². The van der Waals surface area contributed by atoms with Crippen molar-refractivity contribution in [1.29, 1.82) is 0 Å². The first-order valence-corrected chi connectivity index (χ1v) is 4.32. The lowest BCUT2D eigenvalue weighted by atomic mass is 10.1. The van der Waals surface area contributed by atoms with Crippen molar-refractivity contribution in [2.75, 3.05) is 10.6 Å². The van der Waals surface area contributed by atoms with E-state index in [0.29, 0.717) is 0 Å². The average molecular weight is 232 g/mol. The van der Waals surface area contributed by atoms with Crippen LogP contribution in [0.4, 0.5) is 24.5 Å². The van der Waals surface area contributed by atoms with Gasteiger partial charge in [0.25, 0.3) is 5.91 Å². The number of para-hydroxylation sites is 2. The minimum Gasteiger partial charge on any atom is -0.356 e. The number of halogens is 3. The largest absolute Gasteiger partial charge is 0.446 e. The van der Waals surface area contributed by atoms with Gasteiger partial charge in [-0.1, -0.05) is 12.1 Å². The highest BCUT2D eigenvalue weighted by molar-refractivity contribution is 6.05. The highest BCUT2D eigenvalue weighted by atomic mass is 19.4. The van der Waals surface area contributed by atoms with Crippen LogP contribution in [0.25, 0.3) is 0 Å². The van der Waals surface area contributed by atoms with Crippen LogP contribution in [-0.2, 0) is 4.79 Å². The zero-order valence-corrected chi connectivity index (χ0v) is 7.80. The van der Waals surface area contributed by atoms with E-state index in [2.05, 4.69) is 0 Å². The SMILES string of the molecule is O=C1Nc2ccccc2NC1(O)C(F)(F)F. The van der Waals surface area contributed by atoms with Gasteiger partial charge in [0.15, 0.2) is 0 Å². The van der Waals surface area contributed by atoms with Crippen molar-refractivity contribution in [3.8, 4) is 0 Å². The Morgan fingerprint density at radius 2 is 1.75 bits per heavy atom. The Balaban J connectivity index is 2.46. The number of carbonyl (C=O) groups is 1. The number of benzene rings is 1. The first kappa shape index (κ1) is 10.7. The third-order valence-corrected chi connectivity index (χ3v) is 2.23. The van der Waals surface area contributed by atoms with Gasteiger partial charge in [-0.15, -0.1) is 0 Å². The smallest absolute Gasteiger partial charge is 0.356 e. The molecule has 4 nitrogen and oxygen atoms in total. The molecule has 0 spiro atoms. The fraction of sp³-hybridized carbons (Fsp3) is 0.222. The summed E-state index contributed by atoms with van der Waals surface area (Å²) in [6, 6.07) is 5.79. The lowest BCUT2D eigenvalue weighted by molar-refractivity contribution is -0.239. The van der Waals surface area contributed by atoms with E-state index in [4.69, 9.17) is 0 Å². The number of hydrogen-bond acceptors (Lipinski definition) is 3. The molecule has 1 atom stereocenters. The molecule has 1 aromatic rings. The Labute approximate surface area is 88.1 Å². The number of hydrogen-bond donors (Lipinski definition) is 3. The molecule has 0 radical (unpaired) electrons. The molecule has 7 heteroatoms. The van der Waals surface area contributed by atoms with Gasteiger partial charge < -0.3 is 15.7 Å². The van der Waals surface area contributed by atoms with Crippen molar-refractivity contribution < 1.29 is 23.1 Å². The molecule has 1 unspecified atom stereocenters. The van der Waals surface area contributed by atoms with Crippen LogP contribution in [0.2, 0.25) is 0 Å². The van der Waals surface area contributed by atoms with E-state index >= 15 is 0 Å². The maximum atomic E-state index is 12.5. The lowest BCUT2D eigenvalue weighted by Crippen LogP contribution is -2.62. The van der Waals surface area contributed by atoms with Crippen molar-refractivity contribution in [3.05, 3.63) is 24.3 Å².